The van der Waals surface area contributed by atoms with Crippen molar-refractivity contribution in [2.75, 3.05) is 19.7 Å². The van der Waals surface area contributed by atoms with Crippen molar-refractivity contribution in [2.24, 2.45) is 5.92 Å². The first kappa shape index (κ1) is 26.9. The maximum atomic E-state index is 12.6. The fraction of sp³-hybridized carbons (Fsp3) is 0.917. The van der Waals surface area contributed by atoms with Gasteiger partial charge in [-0.2, -0.15) is 0 Å². The monoisotopic (exact) mass is 397 g/mol. The fourth-order valence-electron chi connectivity index (χ4n) is 3.27. The van der Waals surface area contributed by atoms with Gasteiger partial charge in [0.1, 0.15) is 0 Å². The van der Waals surface area contributed by atoms with Crippen molar-refractivity contribution in [3.8, 4) is 0 Å². The number of hydrogen-bond donors (Lipinski definition) is 0. The van der Waals surface area contributed by atoms with E-state index in [9.17, 15) is 9.59 Å². The number of carbonyl (C=O) groups is 2. The summed E-state index contributed by atoms with van der Waals surface area (Å²) in [5, 5.41) is 0. The summed E-state index contributed by atoms with van der Waals surface area (Å²) in [5.74, 6) is 0.794. The van der Waals surface area contributed by atoms with Gasteiger partial charge in [0.05, 0.1) is 6.61 Å². The maximum Gasteiger partial charge on any atom is 0.305 e. The Hall–Kier alpha value is -1.06. The number of amides is 1. The van der Waals surface area contributed by atoms with E-state index in [1.165, 1.54) is 38.5 Å². The summed E-state index contributed by atoms with van der Waals surface area (Å²) in [4.78, 5) is 26.4. The normalized spacial score (nSPS) is 11.0. The Balaban J connectivity index is 4.00. The highest BCUT2D eigenvalue weighted by atomic mass is 16.5. The molecule has 0 aromatic heterocycles. The minimum Gasteiger partial charge on any atom is -0.466 e. The highest BCUT2D eigenvalue weighted by Crippen LogP contribution is 2.10. The van der Waals surface area contributed by atoms with Crippen LogP contribution in [0.1, 0.15) is 118 Å². The minimum absolute atomic E-state index is 0.118. The van der Waals surface area contributed by atoms with Crippen LogP contribution in [0, 0.1) is 5.92 Å². The largest absolute Gasteiger partial charge is 0.466 e. The smallest absolute Gasteiger partial charge is 0.305 e. The molecule has 0 aliphatic heterocycles. The second-order valence-electron chi connectivity index (χ2n) is 8.47. The molecule has 0 saturated heterocycles. The summed E-state index contributed by atoms with van der Waals surface area (Å²) < 4.78 is 5.26. The van der Waals surface area contributed by atoms with Gasteiger partial charge >= 0.3 is 5.97 Å². The molecule has 1 amide bonds. The van der Waals surface area contributed by atoms with Crippen LogP contribution < -0.4 is 0 Å². The number of ether oxygens (including phenoxy) is 1. The van der Waals surface area contributed by atoms with Crippen molar-refractivity contribution in [1.29, 1.82) is 0 Å². The van der Waals surface area contributed by atoms with Gasteiger partial charge in [0, 0.05) is 25.9 Å². The van der Waals surface area contributed by atoms with Crippen LogP contribution in [0.2, 0.25) is 0 Å². The van der Waals surface area contributed by atoms with Crippen LogP contribution in [0.3, 0.4) is 0 Å². The van der Waals surface area contributed by atoms with E-state index in [-0.39, 0.29) is 11.9 Å². The van der Waals surface area contributed by atoms with Gasteiger partial charge in [0.2, 0.25) is 5.91 Å². The van der Waals surface area contributed by atoms with Gasteiger partial charge in [-0.3, -0.25) is 9.59 Å². The van der Waals surface area contributed by atoms with Crippen LogP contribution in [0.4, 0.5) is 0 Å². The number of carbonyl (C=O) groups excluding carboxylic acids is 2. The van der Waals surface area contributed by atoms with Crippen LogP contribution >= 0.6 is 0 Å². The summed E-state index contributed by atoms with van der Waals surface area (Å²) in [6.07, 6.45) is 14.1. The van der Waals surface area contributed by atoms with E-state index in [1.54, 1.807) is 0 Å². The first-order chi connectivity index (χ1) is 13.5. The molecule has 0 aromatic rings. The molecule has 28 heavy (non-hydrogen) atoms. The lowest BCUT2D eigenvalue weighted by Crippen LogP contribution is -2.32. The fourth-order valence-corrected chi connectivity index (χ4v) is 3.27. The standard InChI is InChI=1S/C24H47NO3/c1-5-7-9-13-19-25(20-14-10-8-6-2)23(26)17-11-12-18-24(27)28-21-15-16-22(3)4/h22H,5-21H2,1-4H3. The number of nitrogens with zero attached hydrogens (tertiary/aromatic N) is 1. The van der Waals surface area contributed by atoms with Gasteiger partial charge in [-0.15, -0.1) is 0 Å². The van der Waals surface area contributed by atoms with Crippen molar-refractivity contribution < 1.29 is 14.3 Å². The molecule has 0 spiro atoms. The number of hydrogen-bond acceptors (Lipinski definition) is 3. The van der Waals surface area contributed by atoms with Crippen molar-refractivity contribution in [1.82, 2.24) is 4.90 Å². The molecule has 4 heteroatoms. The Morgan fingerprint density at radius 2 is 1.32 bits per heavy atom. The zero-order chi connectivity index (χ0) is 21.0. The molecule has 0 radical (unpaired) electrons. The molecule has 0 aliphatic rings. The minimum atomic E-state index is -0.118. The Kier molecular flexibility index (Phi) is 18.5. The highest BCUT2D eigenvalue weighted by molar-refractivity contribution is 5.76. The third-order valence-corrected chi connectivity index (χ3v) is 5.13. The first-order valence-electron chi connectivity index (χ1n) is 11.9. The van der Waals surface area contributed by atoms with Gasteiger partial charge in [-0.05, 0) is 44.4 Å². The molecule has 0 unspecified atom stereocenters. The second kappa shape index (κ2) is 19.3. The van der Waals surface area contributed by atoms with Crippen LogP contribution in [0.15, 0.2) is 0 Å². The predicted octanol–water partition coefficient (Wildman–Crippen LogP) is 6.52. The average molecular weight is 398 g/mol. The summed E-state index contributed by atoms with van der Waals surface area (Å²) in [6, 6.07) is 0. The first-order valence-corrected chi connectivity index (χ1v) is 11.9. The molecule has 0 atom stereocenters. The van der Waals surface area contributed by atoms with Crippen LogP contribution in [-0.4, -0.2) is 36.5 Å². The molecule has 0 aromatic carbocycles. The lowest BCUT2D eigenvalue weighted by molar-refractivity contribution is -0.144. The zero-order valence-corrected chi connectivity index (χ0v) is 19.3. The quantitative estimate of drug-likeness (QED) is 0.184. The average Bonchev–Trinajstić information content (AvgIpc) is 2.67. The van der Waals surface area contributed by atoms with E-state index in [4.69, 9.17) is 4.74 Å². The zero-order valence-electron chi connectivity index (χ0n) is 19.3. The predicted molar refractivity (Wildman–Crippen MR) is 118 cm³/mol. The Morgan fingerprint density at radius 1 is 0.750 bits per heavy atom. The lowest BCUT2D eigenvalue weighted by atomic mass is 10.1. The van der Waals surface area contributed by atoms with Crippen LogP contribution in [0.5, 0.6) is 0 Å². The van der Waals surface area contributed by atoms with E-state index in [2.05, 4.69) is 32.6 Å². The molecule has 0 rings (SSSR count). The van der Waals surface area contributed by atoms with Crippen molar-refractivity contribution >= 4 is 11.9 Å². The summed E-state index contributed by atoms with van der Waals surface area (Å²) in [6.45, 7) is 11.1. The Morgan fingerprint density at radius 3 is 1.86 bits per heavy atom. The third kappa shape index (κ3) is 17.1. The molecule has 166 valence electrons. The molecule has 4 nitrogen and oxygen atoms in total. The molecule has 0 bridgehead atoms. The Labute approximate surface area is 174 Å². The van der Waals surface area contributed by atoms with Gasteiger partial charge in [0.25, 0.3) is 0 Å². The molecular formula is C24H47NO3. The molecule has 0 aliphatic carbocycles. The third-order valence-electron chi connectivity index (χ3n) is 5.13. The second-order valence-corrected chi connectivity index (χ2v) is 8.47. The van der Waals surface area contributed by atoms with Crippen molar-refractivity contribution in [3.05, 3.63) is 0 Å². The summed E-state index contributed by atoms with van der Waals surface area (Å²) in [7, 11) is 0. The highest BCUT2D eigenvalue weighted by Gasteiger charge is 2.13. The number of esters is 1. The topological polar surface area (TPSA) is 46.6 Å². The van der Waals surface area contributed by atoms with E-state index < -0.39 is 0 Å². The molecule has 0 heterocycles. The van der Waals surface area contributed by atoms with Gasteiger partial charge in [-0.25, -0.2) is 0 Å². The molecule has 0 fully saturated rings. The van der Waals surface area contributed by atoms with Gasteiger partial charge < -0.3 is 9.64 Å². The van der Waals surface area contributed by atoms with E-state index >= 15 is 0 Å². The molecule has 0 N–H and O–H groups in total. The maximum absolute atomic E-state index is 12.6. The molecular weight excluding hydrogens is 350 g/mol. The number of unbranched alkanes of at least 4 members (excludes halogenated alkanes) is 7. The van der Waals surface area contributed by atoms with Crippen LogP contribution in [0.25, 0.3) is 0 Å². The molecule has 0 saturated carbocycles. The van der Waals surface area contributed by atoms with E-state index in [0.717, 1.165) is 51.6 Å². The SMILES string of the molecule is CCCCCCN(CCCCCC)C(=O)CCCCC(=O)OCCCC(C)C. The van der Waals surface area contributed by atoms with Crippen LogP contribution in [-0.2, 0) is 14.3 Å². The van der Waals surface area contributed by atoms with Crippen molar-refractivity contribution in [2.45, 2.75) is 118 Å². The number of rotatable bonds is 19. The van der Waals surface area contributed by atoms with Gasteiger partial charge in [-0.1, -0.05) is 66.2 Å². The summed E-state index contributed by atoms with van der Waals surface area (Å²) in [5.41, 5.74) is 0. The van der Waals surface area contributed by atoms with E-state index in [0.29, 0.717) is 25.4 Å². The summed E-state index contributed by atoms with van der Waals surface area (Å²) >= 11 is 0. The van der Waals surface area contributed by atoms with Crippen molar-refractivity contribution in [3.63, 3.8) is 0 Å². The van der Waals surface area contributed by atoms with E-state index in [1.807, 2.05) is 0 Å². The lowest BCUT2D eigenvalue weighted by Gasteiger charge is -2.23. The Bertz CT molecular complexity index is 370. The van der Waals surface area contributed by atoms with Gasteiger partial charge in [0.15, 0.2) is 0 Å².